The number of amides is 1. The Hall–Kier alpha value is -2.46. The number of nitrogens with one attached hydrogen (secondary N) is 1. The lowest BCUT2D eigenvalue weighted by Crippen LogP contribution is -2.23. The molecule has 0 aliphatic heterocycles. The number of pyridine rings is 1. The van der Waals surface area contributed by atoms with Crippen molar-refractivity contribution in [2.75, 3.05) is 19.8 Å². The van der Waals surface area contributed by atoms with Gasteiger partial charge in [0, 0.05) is 31.6 Å². The average Bonchev–Trinajstić information content (AvgIpc) is 2.61. The van der Waals surface area contributed by atoms with Crippen LogP contribution >= 0.6 is 0 Å². The Morgan fingerprint density at radius 3 is 2.65 bits per heavy atom. The van der Waals surface area contributed by atoms with Gasteiger partial charge >= 0.3 is 0 Å². The van der Waals surface area contributed by atoms with Gasteiger partial charge in [-0.25, -0.2) is 0 Å². The molecule has 1 heterocycles. The van der Waals surface area contributed by atoms with Gasteiger partial charge in [-0.2, -0.15) is 0 Å². The zero-order valence-corrected chi connectivity index (χ0v) is 13.2. The molecule has 4 heteroatoms. The summed E-state index contributed by atoms with van der Waals surface area (Å²) in [5.41, 5.74) is 2.24. The molecule has 0 unspecified atom stereocenters. The number of carbonyl (C=O) groups is 1. The van der Waals surface area contributed by atoms with Crippen molar-refractivity contribution in [3.63, 3.8) is 0 Å². The first-order valence-electron chi connectivity index (χ1n) is 7.82. The molecule has 0 fully saturated rings. The molecule has 120 valence electrons. The van der Waals surface area contributed by atoms with Gasteiger partial charge in [-0.15, -0.1) is 0 Å². The zero-order valence-electron chi connectivity index (χ0n) is 13.2. The molecule has 23 heavy (non-hydrogen) atoms. The molecular formula is C19H22N2O2. The lowest BCUT2D eigenvalue weighted by molar-refractivity contribution is -0.116. The Kier molecular flexibility index (Phi) is 7.57. The highest BCUT2D eigenvalue weighted by Crippen LogP contribution is 2.00. The molecule has 1 aromatic heterocycles. The van der Waals surface area contributed by atoms with Crippen LogP contribution in [0.5, 0.6) is 0 Å². The summed E-state index contributed by atoms with van der Waals surface area (Å²) in [5.74, 6) is -0.0916. The minimum absolute atomic E-state index is 0.0916. The highest BCUT2D eigenvalue weighted by atomic mass is 16.5. The number of hydrogen-bond acceptors (Lipinski definition) is 3. The van der Waals surface area contributed by atoms with E-state index in [-0.39, 0.29) is 5.91 Å². The summed E-state index contributed by atoms with van der Waals surface area (Å²) >= 11 is 0. The van der Waals surface area contributed by atoms with E-state index < -0.39 is 0 Å². The molecule has 0 spiro atoms. The van der Waals surface area contributed by atoms with E-state index in [1.165, 1.54) is 11.6 Å². The summed E-state index contributed by atoms with van der Waals surface area (Å²) in [7, 11) is 0. The maximum absolute atomic E-state index is 11.6. The first-order valence-corrected chi connectivity index (χ1v) is 7.82. The summed E-state index contributed by atoms with van der Waals surface area (Å²) in [6, 6.07) is 14.0. The van der Waals surface area contributed by atoms with Gasteiger partial charge in [0.15, 0.2) is 0 Å². The lowest BCUT2D eigenvalue weighted by atomic mass is 10.2. The molecule has 0 radical (unpaired) electrons. The fraction of sp³-hybridized carbons (Fsp3) is 0.263. The van der Waals surface area contributed by atoms with E-state index in [2.05, 4.69) is 22.4 Å². The van der Waals surface area contributed by atoms with E-state index in [1.54, 1.807) is 18.5 Å². The van der Waals surface area contributed by atoms with Crippen molar-refractivity contribution < 1.29 is 9.53 Å². The quantitative estimate of drug-likeness (QED) is 0.572. The highest BCUT2D eigenvalue weighted by Gasteiger charge is 1.96. The average molecular weight is 310 g/mol. The number of rotatable bonds is 9. The fourth-order valence-corrected chi connectivity index (χ4v) is 2.03. The molecule has 4 nitrogen and oxygen atoms in total. The molecule has 2 aromatic rings. The number of aromatic nitrogens is 1. The molecular weight excluding hydrogens is 288 g/mol. The smallest absolute Gasteiger partial charge is 0.244 e. The minimum atomic E-state index is -0.0916. The van der Waals surface area contributed by atoms with Crippen LogP contribution in [0.2, 0.25) is 0 Å². The molecule has 1 aromatic carbocycles. The Labute approximate surface area is 137 Å². The largest absolute Gasteiger partial charge is 0.381 e. The second-order valence-electron chi connectivity index (χ2n) is 5.11. The number of hydrogen-bond donors (Lipinski definition) is 1. The molecule has 0 bridgehead atoms. The summed E-state index contributed by atoms with van der Waals surface area (Å²) in [5, 5.41) is 2.84. The van der Waals surface area contributed by atoms with E-state index >= 15 is 0 Å². The molecule has 2 rings (SSSR count). The third kappa shape index (κ3) is 7.38. The van der Waals surface area contributed by atoms with E-state index in [0.29, 0.717) is 19.8 Å². The second-order valence-corrected chi connectivity index (χ2v) is 5.11. The molecule has 0 aliphatic carbocycles. The van der Waals surface area contributed by atoms with Crippen LogP contribution in [0.15, 0.2) is 60.9 Å². The first-order chi connectivity index (χ1) is 11.3. The van der Waals surface area contributed by atoms with Crippen molar-refractivity contribution in [3.8, 4) is 0 Å². The molecule has 0 aliphatic rings. The van der Waals surface area contributed by atoms with E-state index in [9.17, 15) is 4.79 Å². The Bertz CT molecular complexity index is 597. The van der Waals surface area contributed by atoms with E-state index in [1.807, 2.05) is 30.3 Å². The van der Waals surface area contributed by atoms with Gasteiger partial charge < -0.3 is 10.1 Å². The summed E-state index contributed by atoms with van der Waals surface area (Å²) in [6.45, 7) is 1.98. The Morgan fingerprint density at radius 2 is 1.87 bits per heavy atom. The van der Waals surface area contributed by atoms with Gasteiger partial charge in [-0.3, -0.25) is 9.78 Å². The van der Waals surface area contributed by atoms with Crippen molar-refractivity contribution >= 4 is 12.0 Å². The molecule has 1 amide bonds. The first kappa shape index (κ1) is 16.9. The molecule has 0 atom stereocenters. The van der Waals surface area contributed by atoms with Gasteiger partial charge in [-0.05, 0) is 42.2 Å². The van der Waals surface area contributed by atoms with Crippen LogP contribution in [0.4, 0.5) is 0 Å². The standard InChI is InChI=1S/C19H22N2O2/c22-19(8-7-18-9-13-20-14-10-18)21-12-4-15-23-16-11-17-5-2-1-3-6-17/h1-3,5-10,13-14H,4,11-12,15-16H2,(H,21,22)/b8-7+. The third-order valence-corrected chi connectivity index (χ3v) is 3.28. The topological polar surface area (TPSA) is 51.2 Å². The maximum atomic E-state index is 11.6. The van der Waals surface area contributed by atoms with Crippen LogP contribution in [0, 0.1) is 0 Å². The maximum Gasteiger partial charge on any atom is 0.244 e. The molecule has 0 saturated heterocycles. The Morgan fingerprint density at radius 1 is 1.09 bits per heavy atom. The fourth-order valence-electron chi connectivity index (χ4n) is 2.03. The van der Waals surface area contributed by atoms with Gasteiger partial charge in [0.05, 0.1) is 6.61 Å². The number of carbonyl (C=O) groups excluding carboxylic acids is 1. The third-order valence-electron chi connectivity index (χ3n) is 3.28. The van der Waals surface area contributed by atoms with Crippen molar-refractivity contribution in [1.29, 1.82) is 0 Å². The van der Waals surface area contributed by atoms with Gasteiger partial charge in [0.25, 0.3) is 0 Å². The van der Waals surface area contributed by atoms with E-state index in [4.69, 9.17) is 4.74 Å². The van der Waals surface area contributed by atoms with Crippen molar-refractivity contribution in [2.24, 2.45) is 0 Å². The van der Waals surface area contributed by atoms with Crippen LogP contribution in [-0.2, 0) is 16.0 Å². The van der Waals surface area contributed by atoms with E-state index in [0.717, 1.165) is 18.4 Å². The Balaban J connectivity index is 1.50. The van der Waals surface area contributed by atoms with Gasteiger partial charge in [0.2, 0.25) is 5.91 Å². The van der Waals surface area contributed by atoms with Crippen molar-refractivity contribution in [2.45, 2.75) is 12.8 Å². The number of ether oxygens (including phenoxy) is 1. The molecule has 0 saturated carbocycles. The SMILES string of the molecule is O=C(/C=C/c1ccncc1)NCCCOCCc1ccccc1. The van der Waals surface area contributed by atoms with Crippen molar-refractivity contribution in [1.82, 2.24) is 10.3 Å². The van der Waals surface area contributed by atoms with Crippen LogP contribution in [0.1, 0.15) is 17.5 Å². The predicted molar refractivity (Wildman–Crippen MR) is 91.9 cm³/mol. The summed E-state index contributed by atoms with van der Waals surface area (Å²) < 4.78 is 5.57. The van der Waals surface area contributed by atoms with Gasteiger partial charge in [-0.1, -0.05) is 30.3 Å². The van der Waals surface area contributed by atoms with Crippen LogP contribution in [0.3, 0.4) is 0 Å². The monoisotopic (exact) mass is 310 g/mol. The zero-order chi connectivity index (χ0) is 16.2. The summed E-state index contributed by atoms with van der Waals surface area (Å²) in [6.07, 6.45) is 8.43. The minimum Gasteiger partial charge on any atom is -0.381 e. The number of benzene rings is 1. The van der Waals surface area contributed by atoms with Crippen molar-refractivity contribution in [3.05, 3.63) is 72.1 Å². The van der Waals surface area contributed by atoms with Crippen LogP contribution in [0.25, 0.3) is 6.08 Å². The molecule has 1 N–H and O–H groups in total. The number of nitrogens with zero attached hydrogens (tertiary/aromatic N) is 1. The predicted octanol–water partition coefficient (Wildman–Crippen LogP) is 2.86. The normalized spacial score (nSPS) is 10.8. The lowest BCUT2D eigenvalue weighted by Gasteiger charge is -2.05. The highest BCUT2D eigenvalue weighted by molar-refractivity contribution is 5.91. The van der Waals surface area contributed by atoms with Crippen LogP contribution < -0.4 is 5.32 Å². The van der Waals surface area contributed by atoms with Crippen LogP contribution in [-0.4, -0.2) is 30.6 Å². The summed E-state index contributed by atoms with van der Waals surface area (Å²) in [4.78, 5) is 15.6. The second kappa shape index (κ2) is 10.3. The van der Waals surface area contributed by atoms with Gasteiger partial charge in [0.1, 0.15) is 0 Å².